The molecule has 0 radical (unpaired) electrons. The summed E-state index contributed by atoms with van der Waals surface area (Å²) < 4.78 is 53.0. The monoisotopic (exact) mass is 566 g/mol. The van der Waals surface area contributed by atoms with Crippen LogP contribution in [0.3, 0.4) is 0 Å². The van der Waals surface area contributed by atoms with E-state index >= 15 is 4.39 Å². The summed E-state index contributed by atoms with van der Waals surface area (Å²) in [6.07, 6.45) is -2.93. The summed E-state index contributed by atoms with van der Waals surface area (Å²) >= 11 is 0. The van der Waals surface area contributed by atoms with Gasteiger partial charge in [-0.1, -0.05) is 18.2 Å². The summed E-state index contributed by atoms with van der Waals surface area (Å²) in [5, 5.41) is 16.3. The van der Waals surface area contributed by atoms with E-state index in [1.54, 1.807) is 51.2 Å². The van der Waals surface area contributed by atoms with Crippen LogP contribution in [0.15, 0.2) is 36.7 Å². The van der Waals surface area contributed by atoms with E-state index in [0.29, 0.717) is 22.8 Å². The SMILES string of the molecule is CCOC(=O)[C@@H](C)N[P@](=O)(OC[C@H]1O[C@@H](n2cnc3c(NC)nc(C)nc32)[C@](C)(F)[C@@H]1O)Oc1ccccc1. The predicted molar refractivity (Wildman–Crippen MR) is 139 cm³/mol. The minimum atomic E-state index is -4.24. The number of hydrogen-bond acceptors (Lipinski definition) is 11. The first-order valence-corrected chi connectivity index (χ1v) is 13.9. The Hall–Kier alpha value is -3.16. The lowest BCUT2D eigenvalue weighted by Crippen LogP contribution is -2.41. The number of nitrogens with zero attached hydrogens (tertiary/aromatic N) is 4. The fraction of sp³-hybridized carbons (Fsp3) is 0.500. The van der Waals surface area contributed by atoms with Gasteiger partial charge in [-0.05, 0) is 39.8 Å². The smallest absolute Gasteiger partial charge is 0.459 e. The van der Waals surface area contributed by atoms with Gasteiger partial charge in [0.25, 0.3) is 0 Å². The molecule has 39 heavy (non-hydrogen) atoms. The second-order valence-corrected chi connectivity index (χ2v) is 10.8. The molecule has 0 unspecified atom stereocenters. The summed E-state index contributed by atoms with van der Waals surface area (Å²) in [6.45, 7) is 5.53. The van der Waals surface area contributed by atoms with Crippen LogP contribution in [-0.2, 0) is 23.4 Å². The zero-order valence-corrected chi connectivity index (χ0v) is 23.1. The number of aromatic nitrogens is 4. The van der Waals surface area contributed by atoms with Crippen molar-refractivity contribution in [3.8, 4) is 5.75 Å². The van der Waals surface area contributed by atoms with Crippen molar-refractivity contribution in [3.63, 3.8) is 0 Å². The Kier molecular flexibility index (Phi) is 8.52. The molecule has 3 heterocycles. The number of nitrogens with one attached hydrogen (secondary N) is 2. The minimum Gasteiger partial charge on any atom is -0.465 e. The first-order chi connectivity index (χ1) is 18.5. The van der Waals surface area contributed by atoms with Crippen molar-refractivity contribution >= 4 is 30.7 Å². The summed E-state index contributed by atoms with van der Waals surface area (Å²) in [5.74, 6) is 0.409. The van der Waals surface area contributed by atoms with E-state index in [2.05, 4.69) is 25.4 Å². The Bertz CT molecular complexity index is 1360. The van der Waals surface area contributed by atoms with Gasteiger partial charge in [-0.2, -0.15) is 5.09 Å². The molecule has 1 fully saturated rings. The van der Waals surface area contributed by atoms with Crippen molar-refractivity contribution in [2.24, 2.45) is 0 Å². The van der Waals surface area contributed by atoms with Crippen molar-refractivity contribution < 1.29 is 37.4 Å². The third-order valence-corrected chi connectivity index (χ3v) is 7.75. The molecule has 15 heteroatoms. The van der Waals surface area contributed by atoms with Gasteiger partial charge in [-0.15, -0.1) is 0 Å². The highest BCUT2D eigenvalue weighted by Crippen LogP contribution is 2.48. The molecular formula is C24H32FN6O7P. The van der Waals surface area contributed by atoms with E-state index in [1.807, 2.05) is 0 Å². The fourth-order valence-electron chi connectivity index (χ4n) is 4.16. The number of fused-ring (bicyclic) bond motifs is 1. The van der Waals surface area contributed by atoms with E-state index in [1.165, 1.54) is 24.7 Å². The highest BCUT2D eigenvalue weighted by Gasteiger charge is 2.56. The Morgan fingerprint density at radius 1 is 1.33 bits per heavy atom. The summed E-state index contributed by atoms with van der Waals surface area (Å²) in [6, 6.07) is 7.11. The number of carbonyl (C=O) groups excluding carboxylic acids is 1. The molecule has 4 rings (SSSR count). The zero-order valence-electron chi connectivity index (χ0n) is 22.2. The number of alkyl halides is 1. The molecular weight excluding hydrogens is 534 g/mol. The maximum atomic E-state index is 15.9. The number of carbonyl (C=O) groups is 1. The molecule has 0 amide bonds. The molecule has 212 valence electrons. The van der Waals surface area contributed by atoms with Crippen molar-refractivity contribution in [2.45, 2.75) is 57.8 Å². The molecule has 2 aromatic heterocycles. The Labute approximate surface area is 224 Å². The lowest BCUT2D eigenvalue weighted by atomic mass is 9.98. The van der Waals surface area contributed by atoms with Gasteiger partial charge in [0.2, 0.25) is 0 Å². The number of halogens is 1. The number of imidazole rings is 1. The number of benzene rings is 1. The van der Waals surface area contributed by atoms with Gasteiger partial charge in [0.05, 0.1) is 19.5 Å². The van der Waals surface area contributed by atoms with Crippen molar-refractivity contribution in [1.29, 1.82) is 0 Å². The lowest BCUT2D eigenvalue weighted by molar-refractivity contribution is -0.144. The van der Waals surface area contributed by atoms with E-state index in [4.69, 9.17) is 18.5 Å². The van der Waals surface area contributed by atoms with Crippen LogP contribution in [-0.4, -0.2) is 74.8 Å². The number of ether oxygens (including phenoxy) is 2. The molecule has 1 aromatic carbocycles. The highest BCUT2D eigenvalue weighted by atomic mass is 31.2. The highest BCUT2D eigenvalue weighted by molar-refractivity contribution is 7.52. The van der Waals surface area contributed by atoms with Crippen LogP contribution in [0.25, 0.3) is 11.2 Å². The molecule has 3 N–H and O–H groups in total. The van der Waals surface area contributed by atoms with Crippen LogP contribution in [0, 0.1) is 6.92 Å². The molecule has 0 aliphatic carbocycles. The summed E-state index contributed by atoms with van der Waals surface area (Å²) in [4.78, 5) is 25.1. The van der Waals surface area contributed by atoms with Gasteiger partial charge in [0.15, 0.2) is 28.9 Å². The maximum absolute atomic E-state index is 15.9. The van der Waals surface area contributed by atoms with E-state index < -0.39 is 50.5 Å². The standard InChI is InChI=1S/C24H32FN6O7P/c1-6-35-22(33)14(2)30-39(34,38-16-10-8-7-9-11-16)36-12-17-19(32)24(4,25)23(37-17)31-13-27-18-20(26-5)28-15(3)29-21(18)31/h7-11,13-14,17,19,23,32H,6,12H2,1-5H3,(H,30,34)(H,26,28,29)/t14-,17-,19-,23-,24-,39+/m1/s1. The third kappa shape index (κ3) is 6.04. The van der Waals surface area contributed by atoms with Crippen LogP contribution in [0.2, 0.25) is 0 Å². The largest absolute Gasteiger partial charge is 0.465 e. The van der Waals surface area contributed by atoms with Gasteiger partial charge in [0, 0.05) is 7.05 Å². The summed E-state index contributed by atoms with van der Waals surface area (Å²) in [5.41, 5.74) is -1.61. The maximum Gasteiger partial charge on any atom is 0.459 e. The quantitative estimate of drug-likeness (QED) is 0.230. The predicted octanol–water partition coefficient (Wildman–Crippen LogP) is 2.91. The number of rotatable bonds is 11. The molecule has 0 bridgehead atoms. The van der Waals surface area contributed by atoms with Crippen LogP contribution in [0.4, 0.5) is 10.2 Å². The van der Waals surface area contributed by atoms with Crippen LogP contribution in [0.1, 0.15) is 32.8 Å². The van der Waals surface area contributed by atoms with Gasteiger partial charge < -0.3 is 24.4 Å². The molecule has 1 aliphatic rings. The van der Waals surface area contributed by atoms with Gasteiger partial charge in [-0.3, -0.25) is 13.9 Å². The molecule has 1 saturated heterocycles. The van der Waals surface area contributed by atoms with Gasteiger partial charge in [-0.25, -0.2) is 23.9 Å². The Morgan fingerprint density at radius 3 is 2.72 bits per heavy atom. The second kappa shape index (κ2) is 11.5. The molecule has 1 aliphatic heterocycles. The van der Waals surface area contributed by atoms with E-state index in [9.17, 15) is 14.5 Å². The molecule has 3 aromatic rings. The molecule has 6 atom stereocenters. The number of aliphatic hydroxyl groups is 1. The lowest BCUT2D eigenvalue weighted by Gasteiger charge is -2.25. The van der Waals surface area contributed by atoms with Gasteiger partial charge >= 0.3 is 13.7 Å². The Morgan fingerprint density at radius 2 is 2.05 bits per heavy atom. The number of anilines is 1. The average Bonchev–Trinajstić information content (AvgIpc) is 3.40. The normalized spacial score (nSPS) is 25.3. The molecule has 13 nitrogen and oxygen atoms in total. The second-order valence-electron chi connectivity index (χ2n) is 9.12. The van der Waals surface area contributed by atoms with E-state index in [-0.39, 0.29) is 12.4 Å². The third-order valence-electron chi connectivity index (χ3n) is 6.11. The topological polar surface area (TPSA) is 159 Å². The minimum absolute atomic E-state index is 0.122. The van der Waals surface area contributed by atoms with Gasteiger partial charge in [0.1, 0.15) is 29.8 Å². The van der Waals surface area contributed by atoms with E-state index in [0.717, 1.165) is 0 Å². The first-order valence-electron chi connectivity index (χ1n) is 12.3. The molecule has 0 saturated carbocycles. The summed E-state index contributed by atoms with van der Waals surface area (Å²) in [7, 11) is -2.57. The van der Waals surface area contributed by atoms with Crippen molar-refractivity contribution in [1.82, 2.24) is 24.6 Å². The van der Waals surface area contributed by atoms with Crippen LogP contribution < -0.4 is 14.9 Å². The average molecular weight is 567 g/mol. The number of hydrogen-bond donors (Lipinski definition) is 3. The van der Waals surface area contributed by atoms with Crippen LogP contribution in [0.5, 0.6) is 5.75 Å². The Balaban J connectivity index is 1.57. The molecule has 0 spiro atoms. The zero-order chi connectivity index (χ0) is 28.4. The number of esters is 1. The van der Waals surface area contributed by atoms with Crippen molar-refractivity contribution in [2.75, 3.05) is 25.6 Å². The first kappa shape index (κ1) is 28.8. The number of aliphatic hydroxyl groups excluding tert-OH is 1. The number of aryl methyl sites for hydroxylation is 1. The fourth-order valence-corrected chi connectivity index (χ4v) is 5.66. The number of para-hydroxylation sites is 1. The van der Waals surface area contributed by atoms with Crippen LogP contribution >= 0.6 is 7.75 Å². The van der Waals surface area contributed by atoms with Crippen molar-refractivity contribution in [3.05, 3.63) is 42.5 Å².